The number of carbonyl (C=O) groups is 1. The van der Waals surface area contributed by atoms with Crippen LogP contribution in [0.5, 0.6) is 0 Å². The molecule has 1 aromatic carbocycles. The molecule has 0 spiro atoms. The molecule has 0 N–H and O–H groups in total. The third-order valence-corrected chi connectivity index (χ3v) is 3.29. The number of benzene rings is 1. The highest BCUT2D eigenvalue weighted by atomic mass is 16.5. The molecule has 0 radical (unpaired) electrons. The van der Waals surface area contributed by atoms with Crippen LogP contribution in [0.4, 0.5) is 0 Å². The lowest BCUT2D eigenvalue weighted by Gasteiger charge is -2.26. The second-order valence-corrected chi connectivity index (χ2v) is 4.57. The molecule has 0 aliphatic heterocycles. The normalized spacial score (nSPS) is 11.9. The highest BCUT2D eigenvalue weighted by Crippen LogP contribution is 2.23. The Morgan fingerprint density at radius 1 is 1.40 bits per heavy atom. The Morgan fingerprint density at radius 2 is 2.10 bits per heavy atom. The molecule has 0 saturated heterocycles. The third kappa shape index (κ3) is 4.36. The maximum Gasteiger partial charge on any atom is 0.307 e. The monoisotopic (exact) mass is 274 g/mol. The van der Waals surface area contributed by atoms with Crippen LogP contribution in [0.15, 0.2) is 24.3 Å². The van der Waals surface area contributed by atoms with Crippen molar-refractivity contribution < 1.29 is 9.53 Å². The number of aryl methyl sites for hydroxylation is 1. The van der Waals surface area contributed by atoms with Crippen molar-refractivity contribution in [2.24, 2.45) is 0 Å². The van der Waals surface area contributed by atoms with E-state index in [-0.39, 0.29) is 12.0 Å². The van der Waals surface area contributed by atoms with Crippen molar-refractivity contribution in [1.29, 1.82) is 5.26 Å². The number of rotatable bonds is 7. The number of esters is 1. The minimum Gasteiger partial charge on any atom is -0.466 e. The zero-order chi connectivity index (χ0) is 15.0. The van der Waals surface area contributed by atoms with E-state index in [0.29, 0.717) is 26.1 Å². The van der Waals surface area contributed by atoms with Gasteiger partial charge in [0.05, 0.1) is 19.1 Å². The molecular formula is C16H22N2O2. The molecular weight excluding hydrogens is 252 g/mol. The Hall–Kier alpha value is -1.86. The molecule has 1 rings (SSSR count). The Labute approximate surface area is 121 Å². The summed E-state index contributed by atoms with van der Waals surface area (Å²) >= 11 is 0. The lowest BCUT2D eigenvalue weighted by molar-refractivity contribution is -0.143. The molecule has 0 saturated carbocycles. The predicted molar refractivity (Wildman–Crippen MR) is 78.0 cm³/mol. The summed E-state index contributed by atoms with van der Waals surface area (Å²) in [6.07, 6.45) is 0.311. The number of carbonyl (C=O) groups excluding carboxylic acids is 1. The Balaban J connectivity index is 2.78. The first-order chi connectivity index (χ1) is 9.63. The fraction of sp³-hybridized carbons (Fsp3) is 0.500. The summed E-state index contributed by atoms with van der Waals surface area (Å²) in [5, 5.41) is 9.47. The quantitative estimate of drug-likeness (QED) is 0.717. The summed E-state index contributed by atoms with van der Waals surface area (Å²) in [6.45, 7) is 7.42. The standard InChI is InChI=1S/C16H22N2O2/c1-4-18(11-10-16(19)20-5-2)15(12-17)14-9-7-6-8-13(14)3/h6-9,15H,4-5,10-11H2,1-3H3. The zero-order valence-electron chi connectivity index (χ0n) is 12.4. The Bertz CT molecular complexity index is 480. The van der Waals surface area contributed by atoms with Crippen molar-refractivity contribution in [3.05, 3.63) is 35.4 Å². The van der Waals surface area contributed by atoms with Crippen LogP contribution in [0.1, 0.15) is 37.4 Å². The molecule has 0 amide bonds. The van der Waals surface area contributed by atoms with E-state index >= 15 is 0 Å². The number of hydrogen-bond donors (Lipinski definition) is 0. The van der Waals surface area contributed by atoms with Crippen molar-refractivity contribution in [2.45, 2.75) is 33.2 Å². The first kappa shape index (κ1) is 16.2. The second-order valence-electron chi connectivity index (χ2n) is 4.57. The van der Waals surface area contributed by atoms with E-state index in [9.17, 15) is 10.1 Å². The summed E-state index contributed by atoms with van der Waals surface area (Å²) in [5.74, 6) is -0.215. The van der Waals surface area contributed by atoms with Gasteiger partial charge in [0.2, 0.25) is 0 Å². The summed E-state index contributed by atoms with van der Waals surface area (Å²) in [7, 11) is 0. The molecule has 1 aromatic rings. The third-order valence-electron chi connectivity index (χ3n) is 3.29. The van der Waals surface area contributed by atoms with Gasteiger partial charge in [0, 0.05) is 6.54 Å². The van der Waals surface area contributed by atoms with Gasteiger partial charge in [0.15, 0.2) is 0 Å². The Morgan fingerprint density at radius 3 is 2.65 bits per heavy atom. The Kier molecular flexibility index (Phi) is 6.75. The average molecular weight is 274 g/mol. The molecule has 1 unspecified atom stereocenters. The second kappa shape index (κ2) is 8.34. The van der Waals surface area contributed by atoms with Crippen molar-refractivity contribution in [1.82, 2.24) is 4.90 Å². The summed E-state index contributed by atoms with van der Waals surface area (Å²) in [6, 6.07) is 9.88. The fourth-order valence-corrected chi connectivity index (χ4v) is 2.18. The highest BCUT2D eigenvalue weighted by Gasteiger charge is 2.20. The fourth-order valence-electron chi connectivity index (χ4n) is 2.18. The summed E-state index contributed by atoms with van der Waals surface area (Å²) in [5.41, 5.74) is 2.09. The predicted octanol–water partition coefficient (Wildman–Crippen LogP) is 2.83. The first-order valence-corrected chi connectivity index (χ1v) is 6.98. The zero-order valence-corrected chi connectivity index (χ0v) is 12.4. The van der Waals surface area contributed by atoms with E-state index in [2.05, 4.69) is 6.07 Å². The van der Waals surface area contributed by atoms with Gasteiger partial charge in [0.25, 0.3) is 0 Å². The molecule has 0 aliphatic rings. The summed E-state index contributed by atoms with van der Waals surface area (Å²) < 4.78 is 4.93. The maximum atomic E-state index is 11.4. The van der Waals surface area contributed by atoms with Crippen LogP contribution >= 0.6 is 0 Å². The molecule has 1 atom stereocenters. The number of nitriles is 1. The minimum absolute atomic E-state index is 0.215. The van der Waals surface area contributed by atoms with Gasteiger partial charge in [-0.15, -0.1) is 0 Å². The molecule has 0 fully saturated rings. The van der Waals surface area contributed by atoms with E-state index in [1.165, 1.54) is 0 Å². The van der Waals surface area contributed by atoms with Gasteiger partial charge in [-0.3, -0.25) is 9.69 Å². The number of hydrogen-bond acceptors (Lipinski definition) is 4. The largest absolute Gasteiger partial charge is 0.466 e. The van der Waals surface area contributed by atoms with Gasteiger partial charge < -0.3 is 4.74 Å². The topological polar surface area (TPSA) is 53.3 Å². The molecule has 4 heteroatoms. The van der Waals surface area contributed by atoms with E-state index in [1.807, 2.05) is 43.0 Å². The smallest absolute Gasteiger partial charge is 0.307 e. The number of ether oxygens (including phenoxy) is 1. The van der Waals surface area contributed by atoms with Crippen molar-refractivity contribution in [3.63, 3.8) is 0 Å². The van der Waals surface area contributed by atoms with Crippen molar-refractivity contribution >= 4 is 5.97 Å². The van der Waals surface area contributed by atoms with Crippen molar-refractivity contribution in [3.8, 4) is 6.07 Å². The SMILES string of the molecule is CCOC(=O)CCN(CC)C(C#N)c1ccccc1C. The maximum absolute atomic E-state index is 11.4. The van der Waals surface area contributed by atoms with E-state index < -0.39 is 0 Å². The summed E-state index contributed by atoms with van der Waals surface area (Å²) in [4.78, 5) is 13.4. The minimum atomic E-state index is -0.323. The first-order valence-electron chi connectivity index (χ1n) is 6.98. The van der Waals surface area contributed by atoms with Crippen LogP contribution in [0.2, 0.25) is 0 Å². The van der Waals surface area contributed by atoms with Crippen LogP contribution in [-0.4, -0.2) is 30.6 Å². The van der Waals surface area contributed by atoms with E-state index in [0.717, 1.165) is 11.1 Å². The van der Waals surface area contributed by atoms with Gasteiger partial charge in [-0.25, -0.2) is 0 Å². The lowest BCUT2D eigenvalue weighted by Crippen LogP contribution is -2.30. The average Bonchev–Trinajstić information content (AvgIpc) is 2.45. The van der Waals surface area contributed by atoms with Crippen LogP contribution < -0.4 is 0 Å². The molecule has 0 heterocycles. The van der Waals surface area contributed by atoms with E-state index in [1.54, 1.807) is 6.92 Å². The molecule has 0 aliphatic carbocycles. The van der Waals surface area contributed by atoms with Crippen molar-refractivity contribution in [2.75, 3.05) is 19.7 Å². The molecule has 108 valence electrons. The van der Waals surface area contributed by atoms with Gasteiger partial charge in [-0.1, -0.05) is 31.2 Å². The number of nitrogens with zero attached hydrogens (tertiary/aromatic N) is 2. The van der Waals surface area contributed by atoms with Crippen LogP contribution in [0.25, 0.3) is 0 Å². The molecule has 4 nitrogen and oxygen atoms in total. The van der Waals surface area contributed by atoms with Gasteiger partial charge in [0.1, 0.15) is 6.04 Å². The van der Waals surface area contributed by atoms with Gasteiger partial charge in [-0.2, -0.15) is 5.26 Å². The van der Waals surface area contributed by atoms with Gasteiger partial charge >= 0.3 is 5.97 Å². The van der Waals surface area contributed by atoms with Crippen LogP contribution in [0, 0.1) is 18.3 Å². The highest BCUT2D eigenvalue weighted by molar-refractivity contribution is 5.69. The van der Waals surface area contributed by atoms with Crippen LogP contribution in [-0.2, 0) is 9.53 Å². The van der Waals surface area contributed by atoms with Gasteiger partial charge in [-0.05, 0) is 31.5 Å². The lowest BCUT2D eigenvalue weighted by atomic mass is 10.0. The molecule has 0 bridgehead atoms. The molecule has 0 aromatic heterocycles. The van der Waals surface area contributed by atoms with E-state index in [4.69, 9.17) is 4.74 Å². The van der Waals surface area contributed by atoms with Crippen LogP contribution in [0.3, 0.4) is 0 Å². The molecule has 20 heavy (non-hydrogen) atoms.